The highest BCUT2D eigenvalue weighted by molar-refractivity contribution is 7.01. The van der Waals surface area contributed by atoms with E-state index in [4.69, 9.17) is 14.2 Å². The van der Waals surface area contributed by atoms with Crippen LogP contribution < -0.4 is 56.8 Å². The molecule has 0 unspecified atom stereocenters. The minimum Gasteiger partial charge on any atom is -0.458 e. The molecule has 0 saturated carbocycles. The van der Waals surface area contributed by atoms with Gasteiger partial charge in [-0.15, -0.1) is 0 Å². The smallest absolute Gasteiger partial charge is 0.260 e. The second-order valence-electron chi connectivity index (χ2n) is 17.6. The van der Waals surface area contributed by atoms with Gasteiger partial charge < -0.3 is 24.0 Å². The average Bonchev–Trinajstić information content (AvgIpc) is 3.39. The minimum absolute atomic E-state index is 0.121. The molecule has 4 aliphatic heterocycles. The van der Waals surface area contributed by atoms with Crippen LogP contribution in [-0.2, 0) is 0 Å². The second-order valence-corrected chi connectivity index (χ2v) is 17.6. The highest BCUT2D eigenvalue weighted by Crippen LogP contribution is 2.47. The number of para-hydroxylation sites is 5. The predicted octanol–water partition coefficient (Wildman–Crippen LogP) is 11.6. The summed E-state index contributed by atoms with van der Waals surface area (Å²) in [4.78, 5) is 4.71. The monoisotopic (exact) mass is 856 g/mol. The van der Waals surface area contributed by atoms with Gasteiger partial charge in [-0.25, -0.2) is 0 Å². The number of hydrogen-bond donors (Lipinski definition) is 0. The predicted molar refractivity (Wildman–Crippen MR) is 276 cm³/mol. The van der Waals surface area contributed by atoms with E-state index in [1.165, 1.54) is 5.46 Å². The summed E-state index contributed by atoms with van der Waals surface area (Å²) in [5.41, 5.74) is 17.6. The summed E-state index contributed by atoms with van der Waals surface area (Å²) in [6.07, 6.45) is 0. The minimum atomic E-state index is -0.144. The maximum Gasteiger partial charge on any atom is 0.260 e. The molecule has 0 aliphatic carbocycles. The van der Waals surface area contributed by atoms with Gasteiger partial charge in [0, 0.05) is 52.0 Å². The van der Waals surface area contributed by atoms with Gasteiger partial charge in [0.1, 0.15) is 34.5 Å². The third-order valence-corrected chi connectivity index (χ3v) is 13.8. The summed E-state index contributed by atoms with van der Waals surface area (Å²) in [6.45, 7) is -0.266. The molecule has 5 nitrogen and oxygen atoms in total. The van der Waals surface area contributed by atoms with Gasteiger partial charge in [-0.05, 0) is 98.6 Å². The van der Waals surface area contributed by atoms with Crippen molar-refractivity contribution in [2.45, 2.75) is 0 Å². The molecule has 0 atom stereocenters. The maximum absolute atomic E-state index is 7.27. The fourth-order valence-electron chi connectivity index (χ4n) is 10.9. The van der Waals surface area contributed by atoms with Crippen molar-refractivity contribution in [2.75, 3.05) is 9.80 Å². The van der Waals surface area contributed by atoms with Crippen LogP contribution >= 0.6 is 0 Å². The zero-order valence-electron chi connectivity index (χ0n) is 36.2. The van der Waals surface area contributed by atoms with Crippen LogP contribution in [0.4, 0.5) is 34.1 Å². The van der Waals surface area contributed by atoms with Gasteiger partial charge >= 0.3 is 0 Å². The van der Waals surface area contributed by atoms with Crippen LogP contribution in [0, 0.1) is 0 Å². The van der Waals surface area contributed by atoms with Crippen LogP contribution in [0.1, 0.15) is 0 Å². The summed E-state index contributed by atoms with van der Waals surface area (Å²) in [5, 5.41) is 0. The van der Waals surface area contributed by atoms with Crippen molar-refractivity contribution in [3.8, 4) is 56.8 Å². The summed E-state index contributed by atoms with van der Waals surface area (Å²) in [5.74, 6) is 4.78. The highest BCUT2D eigenvalue weighted by atomic mass is 16.5. The summed E-state index contributed by atoms with van der Waals surface area (Å²) < 4.78 is 21.3. The van der Waals surface area contributed by atoms with E-state index in [1.807, 2.05) is 12.1 Å². The lowest BCUT2D eigenvalue weighted by Crippen LogP contribution is -2.62. The molecule has 7 heteroatoms. The normalized spacial score (nSPS) is 13.0. The lowest BCUT2D eigenvalue weighted by molar-refractivity contribution is 0.456. The zero-order valence-corrected chi connectivity index (χ0v) is 36.2. The van der Waals surface area contributed by atoms with Crippen molar-refractivity contribution < 1.29 is 14.2 Å². The summed E-state index contributed by atoms with van der Waals surface area (Å²) in [6, 6.07) is 81.7. The van der Waals surface area contributed by atoms with Crippen LogP contribution in [0.2, 0.25) is 0 Å². The number of benzene rings is 10. The Hall–Kier alpha value is -8.67. The Bertz CT molecular complexity index is 3550. The van der Waals surface area contributed by atoms with Gasteiger partial charge in [-0.3, -0.25) is 0 Å². The quantitative estimate of drug-likeness (QED) is 0.156. The number of hydrogen-bond acceptors (Lipinski definition) is 5. The number of nitrogens with zero attached hydrogens (tertiary/aromatic N) is 2. The van der Waals surface area contributed by atoms with E-state index < -0.39 is 0 Å². The Balaban J connectivity index is 0.980. The Morgan fingerprint density at radius 2 is 0.806 bits per heavy atom. The van der Waals surface area contributed by atoms with E-state index in [1.54, 1.807) is 0 Å². The summed E-state index contributed by atoms with van der Waals surface area (Å²) in [7, 11) is 0. The largest absolute Gasteiger partial charge is 0.458 e. The van der Waals surface area contributed by atoms with Crippen molar-refractivity contribution in [3.05, 3.63) is 231 Å². The lowest BCUT2D eigenvalue weighted by atomic mass is 9.31. The number of ether oxygens (including phenoxy) is 3. The van der Waals surface area contributed by atoms with Crippen molar-refractivity contribution in [1.29, 1.82) is 0 Å². The van der Waals surface area contributed by atoms with Gasteiger partial charge in [0.05, 0.1) is 11.4 Å². The first-order valence-electron chi connectivity index (χ1n) is 22.9. The van der Waals surface area contributed by atoms with Gasteiger partial charge in [0.25, 0.3) is 13.4 Å². The highest BCUT2D eigenvalue weighted by Gasteiger charge is 2.46. The zero-order chi connectivity index (χ0) is 44.0. The van der Waals surface area contributed by atoms with E-state index in [9.17, 15) is 0 Å². The SMILES string of the molecule is c1ccc(-c2cc3c4c(c2)N(c2ccccc2-c2ccccc2)c2ccccc2B4c2cc4c(cc2O3)Oc2cc(N(c3ccccc3)c3ccccc3)cc3c2B4c2ccccc2O3)cc1. The molecule has 4 heterocycles. The first-order valence-corrected chi connectivity index (χ1v) is 22.9. The molecule has 0 saturated heterocycles. The first-order chi connectivity index (χ1) is 33.2. The molecule has 0 fully saturated rings. The third kappa shape index (κ3) is 5.91. The molecule has 0 N–H and O–H groups in total. The van der Waals surface area contributed by atoms with Gasteiger partial charge in [-0.2, -0.15) is 0 Å². The molecule has 67 heavy (non-hydrogen) atoms. The Labute approximate surface area is 389 Å². The molecule has 10 aromatic carbocycles. The molecule has 4 aliphatic rings. The van der Waals surface area contributed by atoms with Gasteiger partial charge in [0.15, 0.2) is 0 Å². The molecule has 0 aromatic heterocycles. The molecule has 10 aromatic rings. The number of rotatable bonds is 6. The van der Waals surface area contributed by atoms with Crippen molar-refractivity contribution in [2.24, 2.45) is 0 Å². The molecule has 0 radical (unpaired) electrons. The first kappa shape index (κ1) is 37.7. The lowest BCUT2D eigenvalue weighted by Gasteiger charge is -2.41. The van der Waals surface area contributed by atoms with Crippen LogP contribution in [0.3, 0.4) is 0 Å². The van der Waals surface area contributed by atoms with Crippen LogP contribution in [-0.4, -0.2) is 13.4 Å². The van der Waals surface area contributed by atoms with Crippen LogP contribution in [0.15, 0.2) is 231 Å². The van der Waals surface area contributed by atoms with Crippen molar-refractivity contribution in [1.82, 2.24) is 0 Å². The fourth-order valence-corrected chi connectivity index (χ4v) is 10.9. The molecule has 0 bridgehead atoms. The number of anilines is 6. The van der Waals surface area contributed by atoms with E-state index >= 15 is 0 Å². The van der Waals surface area contributed by atoms with Gasteiger partial charge in [0.2, 0.25) is 0 Å². The molecule has 312 valence electrons. The topological polar surface area (TPSA) is 34.2 Å². The molecule has 14 rings (SSSR count). The maximum atomic E-state index is 7.27. The van der Waals surface area contributed by atoms with E-state index in [0.29, 0.717) is 0 Å². The second kappa shape index (κ2) is 14.9. The van der Waals surface area contributed by atoms with Crippen molar-refractivity contribution >= 4 is 80.3 Å². The Kier molecular flexibility index (Phi) is 8.40. The Morgan fingerprint density at radius 1 is 0.299 bits per heavy atom. The van der Waals surface area contributed by atoms with Gasteiger partial charge in [-0.1, -0.05) is 158 Å². The van der Waals surface area contributed by atoms with Crippen LogP contribution in [0.5, 0.6) is 34.5 Å². The van der Waals surface area contributed by atoms with E-state index in [2.05, 4.69) is 228 Å². The summed E-state index contributed by atoms with van der Waals surface area (Å²) >= 11 is 0. The van der Waals surface area contributed by atoms with E-state index in [-0.39, 0.29) is 13.4 Å². The standard InChI is InChI=1S/C60H38B2N2O3/c1-5-19-39(20-6-1)41-33-52-59-56(34-41)66-54-38-55-49(37-48(54)61(59)46-28-14-17-31-51(46)64(52)50-30-16-13-27-45(50)40-21-7-2-8-22-40)62-47-29-15-18-32-53(47)65-57-35-44(36-58(67-55)60(57)62)63(42-23-9-3-10-24-42)43-25-11-4-12-26-43/h1-38H. The molecule has 0 spiro atoms. The Morgan fingerprint density at radius 3 is 1.48 bits per heavy atom. The number of fused-ring (bicyclic) bond motifs is 8. The van der Waals surface area contributed by atoms with E-state index in [0.717, 1.165) is 118 Å². The van der Waals surface area contributed by atoms with Crippen LogP contribution in [0.25, 0.3) is 22.3 Å². The van der Waals surface area contributed by atoms with Crippen molar-refractivity contribution in [3.63, 3.8) is 0 Å². The fraction of sp³-hybridized carbons (Fsp3) is 0. The average molecular weight is 857 g/mol. The third-order valence-electron chi connectivity index (χ3n) is 13.8. The molecular formula is C60H38B2N2O3. The molecular weight excluding hydrogens is 818 g/mol. The molecule has 0 amide bonds.